The molecule has 0 fully saturated rings. The van der Waals surface area contributed by atoms with Gasteiger partial charge in [-0.1, -0.05) is 36.4 Å². The van der Waals surface area contributed by atoms with Crippen LogP contribution in [0.1, 0.15) is 35.6 Å². The van der Waals surface area contributed by atoms with Gasteiger partial charge in [0.05, 0.1) is 7.11 Å². The monoisotopic (exact) mass is 267 g/mol. The van der Waals surface area contributed by atoms with Crippen LogP contribution in [0.15, 0.2) is 48.5 Å². The number of hydrogen-bond donors (Lipinski definition) is 1. The number of rotatable bonds is 4. The number of hydrogen-bond acceptors (Lipinski definition) is 2. The first-order chi connectivity index (χ1) is 9.86. The van der Waals surface area contributed by atoms with E-state index in [1.54, 1.807) is 7.11 Å². The third-order valence-electron chi connectivity index (χ3n) is 4.06. The smallest absolute Gasteiger partial charge is 0.119 e. The molecule has 20 heavy (non-hydrogen) atoms. The maximum Gasteiger partial charge on any atom is 0.119 e. The lowest BCUT2D eigenvalue weighted by Gasteiger charge is -2.26. The minimum absolute atomic E-state index is 0.478. The second-order valence-electron chi connectivity index (χ2n) is 5.38. The minimum Gasteiger partial charge on any atom is -0.497 e. The Morgan fingerprint density at radius 3 is 2.95 bits per heavy atom. The summed E-state index contributed by atoms with van der Waals surface area (Å²) in [5, 5.41) is 3.69. The van der Waals surface area contributed by atoms with Crippen LogP contribution in [0.3, 0.4) is 0 Å². The Kier molecular flexibility index (Phi) is 4.03. The number of fused-ring (bicyclic) bond motifs is 1. The van der Waals surface area contributed by atoms with E-state index in [1.165, 1.54) is 36.0 Å². The highest BCUT2D eigenvalue weighted by molar-refractivity contribution is 5.33. The van der Waals surface area contributed by atoms with Gasteiger partial charge < -0.3 is 10.1 Å². The standard InChI is InChI=1S/C18H21NO/c1-20-16-9-4-6-14(12-16)13-19-18-11-5-8-15-7-2-3-10-17(15)18/h2-4,6-7,9-10,12,18-19H,5,8,11,13H2,1H3. The zero-order valence-electron chi connectivity index (χ0n) is 11.9. The van der Waals surface area contributed by atoms with Crippen LogP contribution in [0, 0.1) is 0 Å². The molecular formula is C18H21NO. The molecule has 0 saturated carbocycles. The molecule has 1 atom stereocenters. The van der Waals surface area contributed by atoms with Gasteiger partial charge in [0.1, 0.15) is 5.75 Å². The molecule has 0 bridgehead atoms. The molecule has 2 aromatic carbocycles. The van der Waals surface area contributed by atoms with E-state index < -0.39 is 0 Å². The van der Waals surface area contributed by atoms with Gasteiger partial charge in [-0.2, -0.15) is 0 Å². The summed E-state index contributed by atoms with van der Waals surface area (Å²) in [5.41, 5.74) is 4.25. The predicted octanol–water partition coefficient (Wildman–Crippen LogP) is 3.86. The van der Waals surface area contributed by atoms with E-state index in [2.05, 4.69) is 41.7 Å². The Hall–Kier alpha value is -1.80. The summed E-state index contributed by atoms with van der Waals surface area (Å²) in [7, 11) is 1.71. The van der Waals surface area contributed by atoms with Crippen LogP contribution in [0.4, 0.5) is 0 Å². The van der Waals surface area contributed by atoms with E-state index in [0.29, 0.717) is 6.04 Å². The van der Waals surface area contributed by atoms with Gasteiger partial charge in [0.25, 0.3) is 0 Å². The van der Waals surface area contributed by atoms with Crippen molar-refractivity contribution in [3.05, 3.63) is 65.2 Å². The first-order valence-corrected chi connectivity index (χ1v) is 7.31. The number of ether oxygens (including phenoxy) is 1. The van der Waals surface area contributed by atoms with E-state index in [0.717, 1.165) is 12.3 Å². The zero-order chi connectivity index (χ0) is 13.8. The van der Waals surface area contributed by atoms with Crippen LogP contribution < -0.4 is 10.1 Å². The largest absolute Gasteiger partial charge is 0.497 e. The molecule has 1 unspecified atom stereocenters. The lowest BCUT2D eigenvalue weighted by atomic mass is 9.87. The van der Waals surface area contributed by atoms with Crippen molar-refractivity contribution in [2.24, 2.45) is 0 Å². The maximum atomic E-state index is 5.28. The van der Waals surface area contributed by atoms with Crippen molar-refractivity contribution in [3.8, 4) is 5.75 Å². The number of nitrogens with one attached hydrogen (secondary N) is 1. The van der Waals surface area contributed by atoms with Crippen molar-refractivity contribution < 1.29 is 4.74 Å². The first-order valence-electron chi connectivity index (χ1n) is 7.31. The van der Waals surface area contributed by atoms with Gasteiger partial charge in [-0.25, -0.2) is 0 Å². The molecule has 0 radical (unpaired) electrons. The summed E-state index contributed by atoms with van der Waals surface area (Å²) in [6.45, 7) is 0.885. The van der Waals surface area contributed by atoms with Crippen molar-refractivity contribution >= 4 is 0 Å². The summed E-state index contributed by atoms with van der Waals surface area (Å²) < 4.78 is 5.28. The molecule has 1 N–H and O–H groups in total. The predicted molar refractivity (Wildman–Crippen MR) is 82.0 cm³/mol. The summed E-state index contributed by atoms with van der Waals surface area (Å²) >= 11 is 0. The number of benzene rings is 2. The normalized spacial score (nSPS) is 17.6. The van der Waals surface area contributed by atoms with Crippen LogP contribution in [-0.2, 0) is 13.0 Å². The van der Waals surface area contributed by atoms with Crippen LogP contribution in [0.5, 0.6) is 5.75 Å². The van der Waals surface area contributed by atoms with Crippen LogP contribution >= 0.6 is 0 Å². The highest BCUT2D eigenvalue weighted by Gasteiger charge is 2.18. The number of methoxy groups -OCH3 is 1. The molecular weight excluding hydrogens is 246 g/mol. The molecule has 0 spiro atoms. The fraction of sp³-hybridized carbons (Fsp3) is 0.333. The maximum absolute atomic E-state index is 5.28. The average molecular weight is 267 g/mol. The van der Waals surface area contributed by atoms with Gasteiger partial charge in [0.2, 0.25) is 0 Å². The van der Waals surface area contributed by atoms with Crippen LogP contribution in [-0.4, -0.2) is 7.11 Å². The van der Waals surface area contributed by atoms with E-state index in [-0.39, 0.29) is 0 Å². The Morgan fingerprint density at radius 1 is 1.15 bits per heavy atom. The fourth-order valence-electron chi connectivity index (χ4n) is 2.99. The molecule has 0 amide bonds. The molecule has 2 aromatic rings. The average Bonchev–Trinajstić information content (AvgIpc) is 2.53. The SMILES string of the molecule is COc1cccc(CNC2CCCc3ccccc32)c1. The van der Waals surface area contributed by atoms with E-state index in [9.17, 15) is 0 Å². The third kappa shape index (κ3) is 2.86. The molecule has 2 heteroatoms. The summed E-state index contributed by atoms with van der Waals surface area (Å²) in [6, 6.07) is 17.6. The van der Waals surface area contributed by atoms with Crippen LogP contribution in [0.25, 0.3) is 0 Å². The highest BCUT2D eigenvalue weighted by Crippen LogP contribution is 2.29. The van der Waals surface area contributed by atoms with Gasteiger partial charge >= 0.3 is 0 Å². The van der Waals surface area contributed by atoms with Gasteiger partial charge in [-0.05, 0) is 48.1 Å². The Labute approximate surface area is 120 Å². The molecule has 104 valence electrons. The van der Waals surface area contributed by atoms with Gasteiger partial charge in [0.15, 0.2) is 0 Å². The topological polar surface area (TPSA) is 21.3 Å². The summed E-state index contributed by atoms with van der Waals surface area (Å²) in [6.07, 6.45) is 3.71. The summed E-state index contributed by atoms with van der Waals surface area (Å²) in [5.74, 6) is 0.924. The van der Waals surface area contributed by atoms with Crippen molar-refractivity contribution in [2.75, 3.05) is 7.11 Å². The van der Waals surface area contributed by atoms with Crippen LogP contribution in [0.2, 0.25) is 0 Å². The van der Waals surface area contributed by atoms with E-state index >= 15 is 0 Å². The molecule has 2 nitrogen and oxygen atoms in total. The second-order valence-corrected chi connectivity index (χ2v) is 5.38. The van der Waals surface area contributed by atoms with Crippen molar-refractivity contribution in [2.45, 2.75) is 31.8 Å². The minimum atomic E-state index is 0.478. The van der Waals surface area contributed by atoms with Crippen molar-refractivity contribution in [3.63, 3.8) is 0 Å². The first kappa shape index (κ1) is 13.2. The van der Waals surface area contributed by atoms with Gasteiger partial charge in [-0.3, -0.25) is 0 Å². The van der Waals surface area contributed by atoms with Gasteiger partial charge in [-0.15, -0.1) is 0 Å². The van der Waals surface area contributed by atoms with Crippen molar-refractivity contribution in [1.29, 1.82) is 0 Å². The van der Waals surface area contributed by atoms with E-state index in [1.807, 2.05) is 12.1 Å². The molecule has 1 aliphatic rings. The molecule has 0 aromatic heterocycles. The molecule has 0 heterocycles. The van der Waals surface area contributed by atoms with Crippen molar-refractivity contribution in [1.82, 2.24) is 5.32 Å². The Morgan fingerprint density at radius 2 is 2.05 bits per heavy atom. The Balaban J connectivity index is 1.70. The molecule has 3 rings (SSSR count). The lowest BCUT2D eigenvalue weighted by Crippen LogP contribution is -2.24. The summed E-state index contributed by atoms with van der Waals surface area (Å²) in [4.78, 5) is 0. The quantitative estimate of drug-likeness (QED) is 0.908. The number of aryl methyl sites for hydroxylation is 1. The van der Waals surface area contributed by atoms with Gasteiger partial charge in [0, 0.05) is 12.6 Å². The zero-order valence-corrected chi connectivity index (χ0v) is 11.9. The Bertz CT molecular complexity index is 579. The van der Waals surface area contributed by atoms with E-state index in [4.69, 9.17) is 4.74 Å². The molecule has 1 aliphatic carbocycles. The lowest BCUT2D eigenvalue weighted by molar-refractivity contribution is 0.413. The second kappa shape index (κ2) is 6.10. The molecule has 0 saturated heterocycles. The highest BCUT2D eigenvalue weighted by atomic mass is 16.5. The fourth-order valence-corrected chi connectivity index (χ4v) is 2.99. The molecule has 0 aliphatic heterocycles. The third-order valence-corrected chi connectivity index (χ3v) is 4.06.